The van der Waals surface area contributed by atoms with Crippen LogP contribution in [0.15, 0.2) is 17.1 Å². The molecular weight excluding hydrogens is 325 g/mol. The SMILES string of the molecule is C=C(C)CN=C(N)NCCC1CCCCC1.I. The highest BCUT2D eigenvalue weighted by atomic mass is 127. The van der Waals surface area contributed by atoms with Crippen molar-refractivity contribution in [2.24, 2.45) is 16.6 Å². The van der Waals surface area contributed by atoms with Gasteiger partial charge in [0.05, 0.1) is 6.54 Å². The molecule has 1 saturated carbocycles. The van der Waals surface area contributed by atoms with Crippen LogP contribution in [0, 0.1) is 5.92 Å². The van der Waals surface area contributed by atoms with Gasteiger partial charge in [0.25, 0.3) is 0 Å². The van der Waals surface area contributed by atoms with E-state index < -0.39 is 0 Å². The molecule has 17 heavy (non-hydrogen) atoms. The molecule has 1 rings (SSSR count). The molecular formula is C13H26IN3. The zero-order valence-electron chi connectivity index (χ0n) is 10.9. The molecule has 100 valence electrons. The van der Waals surface area contributed by atoms with Crippen LogP contribution in [-0.2, 0) is 0 Å². The van der Waals surface area contributed by atoms with Crippen LogP contribution >= 0.6 is 24.0 Å². The average Bonchev–Trinajstić information content (AvgIpc) is 2.28. The third-order valence-electron chi connectivity index (χ3n) is 3.10. The largest absolute Gasteiger partial charge is 0.370 e. The van der Waals surface area contributed by atoms with Gasteiger partial charge in [0.15, 0.2) is 5.96 Å². The second-order valence-electron chi connectivity index (χ2n) is 4.88. The lowest BCUT2D eigenvalue weighted by Gasteiger charge is -2.21. The summed E-state index contributed by atoms with van der Waals surface area (Å²) < 4.78 is 0. The van der Waals surface area contributed by atoms with E-state index in [2.05, 4.69) is 16.9 Å². The molecule has 0 heterocycles. The van der Waals surface area contributed by atoms with Crippen LogP contribution in [0.3, 0.4) is 0 Å². The lowest BCUT2D eigenvalue weighted by Crippen LogP contribution is -2.33. The molecule has 1 fully saturated rings. The molecule has 0 atom stereocenters. The van der Waals surface area contributed by atoms with Crippen molar-refractivity contribution >= 4 is 29.9 Å². The maximum atomic E-state index is 5.74. The Morgan fingerprint density at radius 3 is 2.59 bits per heavy atom. The molecule has 3 nitrogen and oxygen atoms in total. The van der Waals surface area contributed by atoms with E-state index in [1.807, 2.05) is 6.92 Å². The fraction of sp³-hybridized carbons (Fsp3) is 0.769. The first kappa shape index (κ1) is 16.7. The van der Waals surface area contributed by atoms with Crippen LogP contribution < -0.4 is 11.1 Å². The predicted octanol–water partition coefficient (Wildman–Crippen LogP) is 3.06. The molecule has 0 spiro atoms. The Balaban J connectivity index is 0.00000256. The topological polar surface area (TPSA) is 50.4 Å². The standard InChI is InChI=1S/C13H25N3.HI/c1-11(2)10-16-13(14)15-9-8-12-6-4-3-5-7-12;/h12H,1,3-10H2,2H3,(H3,14,15,16);1H. The first-order valence-electron chi connectivity index (χ1n) is 6.36. The number of hydrogen-bond donors (Lipinski definition) is 2. The quantitative estimate of drug-likeness (QED) is 0.346. The molecule has 0 bridgehead atoms. The smallest absolute Gasteiger partial charge is 0.188 e. The van der Waals surface area contributed by atoms with Gasteiger partial charge in [0.1, 0.15) is 0 Å². The van der Waals surface area contributed by atoms with Gasteiger partial charge in [-0.2, -0.15) is 0 Å². The van der Waals surface area contributed by atoms with Gasteiger partial charge in [0.2, 0.25) is 0 Å². The Labute approximate surface area is 122 Å². The van der Waals surface area contributed by atoms with Crippen LogP contribution in [0.5, 0.6) is 0 Å². The van der Waals surface area contributed by atoms with E-state index in [1.54, 1.807) is 0 Å². The number of nitrogens with zero attached hydrogens (tertiary/aromatic N) is 1. The summed E-state index contributed by atoms with van der Waals surface area (Å²) in [6, 6.07) is 0. The number of nitrogens with two attached hydrogens (primary N) is 1. The number of halogens is 1. The van der Waals surface area contributed by atoms with E-state index in [0.717, 1.165) is 18.0 Å². The lowest BCUT2D eigenvalue weighted by atomic mass is 9.87. The molecule has 1 aliphatic rings. The number of guanidine groups is 1. The predicted molar refractivity (Wildman–Crippen MR) is 85.9 cm³/mol. The monoisotopic (exact) mass is 351 g/mol. The van der Waals surface area contributed by atoms with E-state index in [0.29, 0.717) is 12.5 Å². The second-order valence-corrected chi connectivity index (χ2v) is 4.88. The maximum absolute atomic E-state index is 5.74. The second kappa shape index (κ2) is 9.74. The third kappa shape index (κ3) is 8.46. The molecule has 0 aromatic rings. The number of hydrogen-bond acceptors (Lipinski definition) is 1. The molecule has 0 amide bonds. The van der Waals surface area contributed by atoms with Crippen molar-refractivity contribution in [1.29, 1.82) is 0 Å². The van der Waals surface area contributed by atoms with Crippen LogP contribution in [-0.4, -0.2) is 19.0 Å². The van der Waals surface area contributed by atoms with Gasteiger partial charge in [-0.25, -0.2) is 4.99 Å². The average molecular weight is 351 g/mol. The van der Waals surface area contributed by atoms with E-state index >= 15 is 0 Å². The van der Waals surface area contributed by atoms with Crippen molar-refractivity contribution in [3.63, 3.8) is 0 Å². The summed E-state index contributed by atoms with van der Waals surface area (Å²) in [4.78, 5) is 4.19. The summed E-state index contributed by atoms with van der Waals surface area (Å²) in [6.07, 6.45) is 8.25. The molecule has 0 radical (unpaired) electrons. The van der Waals surface area contributed by atoms with Crippen LogP contribution in [0.25, 0.3) is 0 Å². The number of rotatable bonds is 5. The number of nitrogens with one attached hydrogen (secondary N) is 1. The van der Waals surface area contributed by atoms with E-state index in [-0.39, 0.29) is 24.0 Å². The van der Waals surface area contributed by atoms with Crippen molar-refractivity contribution in [2.75, 3.05) is 13.1 Å². The first-order valence-corrected chi connectivity index (χ1v) is 6.36. The maximum Gasteiger partial charge on any atom is 0.188 e. The Kier molecular flexibility index (Phi) is 9.59. The van der Waals surface area contributed by atoms with Crippen molar-refractivity contribution in [3.05, 3.63) is 12.2 Å². The van der Waals surface area contributed by atoms with Gasteiger partial charge in [-0.3, -0.25) is 0 Å². The Bertz CT molecular complexity index is 245. The van der Waals surface area contributed by atoms with Crippen molar-refractivity contribution in [2.45, 2.75) is 45.4 Å². The third-order valence-corrected chi connectivity index (χ3v) is 3.10. The summed E-state index contributed by atoms with van der Waals surface area (Å²) in [6.45, 7) is 7.33. The molecule has 3 N–H and O–H groups in total. The minimum absolute atomic E-state index is 0. The van der Waals surface area contributed by atoms with Gasteiger partial charge in [-0.05, 0) is 19.3 Å². The molecule has 0 unspecified atom stereocenters. The first-order chi connectivity index (χ1) is 7.68. The molecule has 0 aromatic carbocycles. The zero-order valence-corrected chi connectivity index (χ0v) is 13.2. The number of aliphatic imine (C=N–C) groups is 1. The minimum atomic E-state index is 0. The normalized spacial score (nSPS) is 17.4. The fourth-order valence-electron chi connectivity index (χ4n) is 2.16. The highest BCUT2D eigenvalue weighted by Gasteiger charge is 2.12. The Morgan fingerprint density at radius 1 is 1.35 bits per heavy atom. The van der Waals surface area contributed by atoms with E-state index in [4.69, 9.17) is 5.73 Å². The van der Waals surface area contributed by atoms with Crippen LogP contribution in [0.4, 0.5) is 0 Å². The summed E-state index contributed by atoms with van der Waals surface area (Å²) in [5, 5.41) is 3.17. The van der Waals surface area contributed by atoms with Crippen molar-refractivity contribution in [3.8, 4) is 0 Å². The van der Waals surface area contributed by atoms with Crippen molar-refractivity contribution in [1.82, 2.24) is 5.32 Å². The van der Waals surface area contributed by atoms with E-state index in [1.165, 1.54) is 38.5 Å². The molecule has 4 heteroatoms. The minimum Gasteiger partial charge on any atom is -0.370 e. The molecule has 0 aromatic heterocycles. The summed E-state index contributed by atoms with van der Waals surface area (Å²) in [5.41, 5.74) is 6.77. The highest BCUT2D eigenvalue weighted by Crippen LogP contribution is 2.25. The highest BCUT2D eigenvalue weighted by molar-refractivity contribution is 14.0. The van der Waals surface area contributed by atoms with Gasteiger partial charge in [0, 0.05) is 6.54 Å². The van der Waals surface area contributed by atoms with Gasteiger partial charge < -0.3 is 11.1 Å². The van der Waals surface area contributed by atoms with Crippen molar-refractivity contribution < 1.29 is 0 Å². The lowest BCUT2D eigenvalue weighted by molar-refractivity contribution is 0.339. The van der Waals surface area contributed by atoms with Gasteiger partial charge in [-0.1, -0.05) is 44.3 Å². The zero-order chi connectivity index (χ0) is 11.8. The molecule has 0 aliphatic heterocycles. The van der Waals surface area contributed by atoms with Crippen LogP contribution in [0.2, 0.25) is 0 Å². The molecule has 0 saturated heterocycles. The summed E-state index contributed by atoms with van der Waals surface area (Å²) in [7, 11) is 0. The summed E-state index contributed by atoms with van der Waals surface area (Å²) >= 11 is 0. The van der Waals surface area contributed by atoms with Gasteiger partial charge >= 0.3 is 0 Å². The summed E-state index contributed by atoms with van der Waals surface area (Å²) in [5.74, 6) is 1.45. The Morgan fingerprint density at radius 2 is 2.00 bits per heavy atom. The van der Waals surface area contributed by atoms with E-state index in [9.17, 15) is 0 Å². The fourth-order valence-corrected chi connectivity index (χ4v) is 2.16. The molecule has 1 aliphatic carbocycles. The Hall–Kier alpha value is -0.260. The van der Waals surface area contributed by atoms with Gasteiger partial charge in [-0.15, -0.1) is 24.0 Å². The van der Waals surface area contributed by atoms with Crippen LogP contribution in [0.1, 0.15) is 45.4 Å².